The zero-order chi connectivity index (χ0) is 12.8. The maximum Gasteiger partial charge on any atom is 0.195 e. The van der Waals surface area contributed by atoms with Crippen molar-refractivity contribution >= 4 is 22.1 Å². The van der Waals surface area contributed by atoms with Crippen molar-refractivity contribution in [3.05, 3.63) is 17.3 Å². The maximum atomic E-state index is 5.76. The lowest BCUT2D eigenvalue weighted by Crippen LogP contribution is -2.39. The predicted molar refractivity (Wildman–Crippen MR) is 76.5 cm³/mol. The van der Waals surface area contributed by atoms with Gasteiger partial charge in [-0.25, -0.2) is 4.98 Å². The van der Waals surface area contributed by atoms with E-state index >= 15 is 0 Å². The summed E-state index contributed by atoms with van der Waals surface area (Å²) >= 11 is 1.69. The van der Waals surface area contributed by atoms with Crippen LogP contribution in [0, 0.1) is 0 Å². The number of imidazole rings is 1. The van der Waals surface area contributed by atoms with E-state index in [0.717, 1.165) is 23.7 Å². The number of hydrogen-bond acceptors (Lipinski definition) is 4. The van der Waals surface area contributed by atoms with Gasteiger partial charge in [-0.15, -0.1) is 11.3 Å². The number of fused-ring (bicyclic) bond motifs is 1. The highest BCUT2D eigenvalue weighted by Gasteiger charge is 2.35. The molecule has 0 bridgehead atoms. The molecule has 1 aliphatic rings. The molecule has 0 saturated carbocycles. The molecule has 4 nitrogen and oxygen atoms in total. The van der Waals surface area contributed by atoms with Crippen LogP contribution in [0.4, 0.5) is 5.82 Å². The van der Waals surface area contributed by atoms with Gasteiger partial charge in [-0.1, -0.05) is 0 Å². The number of nitrogens with two attached hydrogens (primary N) is 1. The minimum absolute atomic E-state index is 0.216. The second-order valence-electron chi connectivity index (χ2n) is 5.54. The summed E-state index contributed by atoms with van der Waals surface area (Å²) in [4.78, 5) is 8.36. The van der Waals surface area contributed by atoms with Gasteiger partial charge in [-0.2, -0.15) is 0 Å². The molecule has 5 heteroatoms. The second kappa shape index (κ2) is 4.24. The molecule has 3 rings (SSSR count). The van der Waals surface area contributed by atoms with Crippen LogP contribution in [0.5, 0.6) is 0 Å². The first-order valence-corrected chi connectivity index (χ1v) is 7.43. The zero-order valence-electron chi connectivity index (χ0n) is 11.0. The third-order valence-electron chi connectivity index (χ3n) is 3.88. The molecule has 0 unspecified atom stereocenters. The van der Waals surface area contributed by atoms with Gasteiger partial charge in [0.1, 0.15) is 0 Å². The summed E-state index contributed by atoms with van der Waals surface area (Å²) in [5.74, 6) is 1.15. The van der Waals surface area contributed by atoms with E-state index in [4.69, 9.17) is 10.7 Å². The molecule has 0 amide bonds. The number of nitrogens with zero attached hydrogens (tertiary/aromatic N) is 3. The fourth-order valence-electron chi connectivity index (χ4n) is 2.91. The van der Waals surface area contributed by atoms with Gasteiger partial charge in [-0.05, 0) is 33.2 Å². The Balaban J connectivity index is 2.10. The summed E-state index contributed by atoms with van der Waals surface area (Å²) in [6, 6.07) is 0. The third kappa shape index (κ3) is 1.73. The first kappa shape index (κ1) is 12.0. The van der Waals surface area contributed by atoms with Crippen LogP contribution in [-0.4, -0.2) is 28.0 Å². The fourth-order valence-corrected chi connectivity index (χ4v) is 3.63. The van der Waals surface area contributed by atoms with E-state index in [2.05, 4.69) is 34.7 Å². The lowest BCUT2D eigenvalue weighted by atomic mass is 10.0. The topological polar surface area (TPSA) is 46.6 Å². The van der Waals surface area contributed by atoms with E-state index in [1.165, 1.54) is 18.5 Å². The summed E-state index contributed by atoms with van der Waals surface area (Å²) in [5.41, 5.74) is 7.24. The lowest BCUT2D eigenvalue weighted by Gasteiger charge is -2.32. The average Bonchev–Trinajstić information content (AvgIpc) is 2.95. The summed E-state index contributed by atoms with van der Waals surface area (Å²) in [7, 11) is 0. The summed E-state index contributed by atoms with van der Waals surface area (Å²) < 4.78 is 2.20. The number of hydrogen-bond donors (Lipinski definition) is 1. The summed E-state index contributed by atoms with van der Waals surface area (Å²) in [5, 5.41) is 2.08. The molecular formula is C13H20N4S. The van der Waals surface area contributed by atoms with E-state index in [-0.39, 0.29) is 5.54 Å². The molecule has 18 heavy (non-hydrogen) atoms. The van der Waals surface area contributed by atoms with Crippen molar-refractivity contribution in [1.29, 1.82) is 0 Å². The number of rotatable bonds is 3. The van der Waals surface area contributed by atoms with Crippen LogP contribution in [0.3, 0.4) is 0 Å². The van der Waals surface area contributed by atoms with Crippen molar-refractivity contribution in [3.63, 3.8) is 0 Å². The molecule has 1 aliphatic heterocycles. The smallest absolute Gasteiger partial charge is 0.195 e. The number of aromatic nitrogens is 2. The van der Waals surface area contributed by atoms with E-state index in [1.807, 2.05) is 0 Å². The third-order valence-corrected chi connectivity index (χ3v) is 4.63. The summed E-state index contributed by atoms with van der Waals surface area (Å²) in [6.45, 7) is 6.39. The highest BCUT2D eigenvalue weighted by atomic mass is 32.1. The molecule has 1 saturated heterocycles. The Bertz CT molecular complexity index is 554. The minimum atomic E-state index is 0.216. The van der Waals surface area contributed by atoms with Gasteiger partial charge in [0, 0.05) is 30.1 Å². The zero-order valence-corrected chi connectivity index (χ0v) is 11.8. The first-order valence-electron chi connectivity index (χ1n) is 6.55. The van der Waals surface area contributed by atoms with E-state index in [0.29, 0.717) is 6.54 Å². The molecule has 0 aliphatic carbocycles. The molecule has 0 spiro atoms. The SMILES string of the molecule is CC1(C)CCCN1c1nc2sccn2c1CCN. The van der Waals surface area contributed by atoms with Crippen LogP contribution >= 0.6 is 11.3 Å². The van der Waals surface area contributed by atoms with Gasteiger partial charge in [0.05, 0.1) is 5.69 Å². The molecule has 2 N–H and O–H groups in total. The van der Waals surface area contributed by atoms with Gasteiger partial charge in [0.25, 0.3) is 0 Å². The maximum absolute atomic E-state index is 5.76. The van der Waals surface area contributed by atoms with Crippen LogP contribution in [0.15, 0.2) is 11.6 Å². The highest BCUT2D eigenvalue weighted by molar-refractivity contribution is 7.15. The van der Waals surface area contributed by atoms with E-state index in [9.17, 15) is 0 Å². The van der Waals surface area contributed by atoms with Crippen molar-refractivity contribution in [2.75, 3.05) is 18.0 Å². The molecular weight excluding hydrogens is 244 g/mol. The second-order valence-corrected chi connectivity index (χ2v) is 6.42. The van der Waals surface area contributed by atoms with Gasteiger partial charge in [-0.3, -0.25) is 4.40 Å². The lowest BCUT2D eigenvalue weighted by molar-refractivity contribution is 0.513. The standard InChI is InChI=1S/C13H20N4S/c1-13(2)5-3-7-17(13)11-10(4-6-14)16-8-9-18-12(16)15-11/h8-9H,3-7,14H2,1-2H3. The van der Waals surface area contributed by atoms with Gasteiger partial charge in [0.2, 0.25) is 0 Å². The van der Waals surface area contributed by atoms with Crippen LogP contribution in [-0.2, 0) is 6.42 Å². The normalized spacial score (nSPS) is 18.9. The van der Waals surface area contributed by atoms with Gasteiger partial charge in [0.15, 0.2) is 10.8 Å². The van der Waals surface area contributed by atoms with Crippen molar-refractivity contribution in [2.24, 2.45) is 5.73 Å². The molecule has 0 atom stereocenters. The van der Waals surface area contributed by atoms with Crippen LogP contribution in [0.2, 0.25) is 0 Å². The Morgan fingerprint density at radius 3 is 3.00 bits per heavy atom. The Labute approximate surface area is 111 Å². The van der Waals surface area contributed by atoms with Crippen molar-refractivity contribution in [1.82, 2.24) is 9.38 Å². The number of thiazole rings is 1. The van der Waals surface area contributed by atoms with Gasteiger partial charge >= 0.3 is 0 Å². The largest absolute Gasteiger partial charge is 0.350 e. The molecule has 2 aromatic rings. The van der Waals surface area contributed by atoms with E-state index < -0.39 is 0 Å². The van der Waals surface area contributed by atoms with E-state index in [1.54, 1.807) is 11.3 Å². The summed E-state index contributed by atoms with van der Waals surface area (Å²) in [6.07, 6.45) is 5.48. The van der Waals surface area contributed by atoms with Crippen molar-refractivity contribution in [2.45, 2.75) is 38.6 Å². The number of anilines is 1. The predicted octanol–water partition coefficient (Wildman–Crippen LogP) is 2.28. The van der Waals surface area contributed by atoms with Crippen LogP contribution < -0.4 is 10.6 Å². The molecule has 1 fully saturated rings. The highest BCUT2D eigenvalue weighted by Crippen LogP contribution is 2.36. The minimum Gasteiger partial charge on any atom is -0.350 e. The fraction of sp³-hybridized carbons (Fsp3) is 0.615. The Hall–Kier alpha value is -1.07. The Kier molecular flexibility index (Phi) is 2.83. The first-order chi connectivity index (χ1) is 8.63. The monoisotopic (exact) mass is 264 g/mol. The Morgan fingerprint density at radius 1 is 1.50 bits per heavy atom. The molecule has 3 heterocycles. The van der Waals surface area contributed by atoms with Crippen LogP contribution in [0.25, 0.3) is 4.96 Å². The molecule has 0 aromatic carbocycles. The Morgan fingerprint density at radius 2 is 2.33 bits per heavy atom. The molecule has 2 aromatic heterocycles. The molecule has 0 radical (unpaired) electrons. The quantitative estimate of drug-likeness (QED) is 0.925. The molecule has 98 valence electrons. The van der Waals surface area contributed by atoms with Crippen molar-refractivity contribution in [3.8, 4) is 0 Å². The van der Waals surface area contributed by atoms with Gasteiger partial charge < -0.3 is 10.6 Å². The van der Waals surface area contributed by atoms with Crippen LogP contribution in [0.1, 0.15) is 32.4 Å². The van der Waals surface area contributed by atoms with Crippen molar-refractivity contribution < 1.29 is 0 Å². The average molecular weight is 264 g/mol.